The summed E-state index contributed by atoms with van der Waals surface area (Å²) in [7, 11) is 0. The maximum atomic E-state index is 12.5. The van der Waals surface area contributed by atoms with E-state index in [1.807, 2.05) is 19.1 Å². The van der Waals surface area contributed by atoms with Crippen molar-refractivity contribution in [1.29, 1.82) is 0 Å². The number of nitrogens with one attached hydrogen (secondary N) is 1. The Bertz CT molecular complexity index is 548. The molecule has 2 rings (SSSR count). The molecule has 0 aromatic heterocycles. The van der Waals surface area contributed by atoms with Gasteiger partial charge in [0.15, 0.2) is 11.5 Å². The highest BCUT2D eigenvalue weighted by Crippen LogP contribution is 2.31. The van der Waals surface area contributed by atoms with Crippen molar-refractivity contribution in [2.24, 2.45) is 5.73 Å². The molecule has 142 valence electrons. The van der Waals surface area contributed by atoms with E-state index >= 15 is 0 Å². The molecule has 1 heterocycles. The maximum absolute atomic E-state index is 12.5. The summed E-state index contributed by atoms with van der Waals surface area (Å²) < 4.78 is 16.7. The first kappa shape index (κ1) is 21.5. The van der Waals surface area contributed by atoms with Gasteiger partial charge in [-0.25, -0.2) is 0 Å². The first-order valence-corrected chi connectivity index (χ1v) is 8.67. The van der Waals surface area contributed by atoms with Crippen molar-refractivity contribution in [2.45, 2.75) is 45.1 Å². The fourth-order valence-electron chi connectivity index (χ4n) is 2.46. The van der Waals surface area contributed by atoms with E-state index in [1.165, 1.54) is 0 Å². The fraction of sp³-hybridized carbons (Fsp3) is 0.611. The molecule has 1 amide bonds. The molecule has 1 aromatic carbocycles. The number of ether oxygens (including phenoxy) is 3. The minimum absolute atomic E-state index is 0. The molecule has 7 heteroatoms. The van der Waals surface area contributed by atoms with Crippen molar-refractivity contribution in [3.8, 4) is 11.5 Å². The van der Waals surface area contributed by atoms with E-state index in [4.69, 9.17) is 19.9 Å². The Kier molecular flexibility index (Phi) is 9.03. The number of carbonyl (C=O) groups excluding carboxylic acids is 1. The van der Waals surface area contributed by atoms with Gasteiger partial charge in [0.1, 0.15) is 5.54 Å². The number of rotatable bonds is 8. The molecule has 1 saturated heterocycles. The summed E-state index contributed by atoms with van der Waals surface area (Å²) in [4.78, 5) is 12.5. The molecule has 3 N–H and O–H groups in total. The average Bonchev–Trinajstić information content (AvgIpc) is 2.59. The smallest absolute Gasteiger partial charge is 0.244 e. The van der Waals surface area contributed by atoms with E-state index < -0.39 is 5.54 Å². The summed E-state index contributed by atoms with van der Waals surface area (Å²) >= 11 is 0. The zero-order chi connectivity index (χ0) is 17.4. The number of carbonyl (C=O) groups is 1. The Morgan fingerprint density at radius 3 is 2.36 bits per heavy atom. The van der Waals surface area contributed by atoms with Crippen LogP contribution in [0.25, 0.3) is 0 Å². The quantitative estimate of drug-likeness (QED) is 0.732. The van der Waals surface area contributed by atoms with Gasteiger partial charge in [-0.15, -0.1) is 12.4 Å². The van der Waals surface area contributed by atoms with Crippen molar-refractivity contribution >= 4 is 24.0 Å². The molecular formula is C18H29ClN2O4. The molecule has 0 bridgehead atoms. The summed E-state index contributed by atoms with van der Waals surface area (Å²) in [5.41, 5.74) is 6.00. The van der Waals surface area contributed by atoms with Crippen molar-refractivity contribution in [1.82, 2.24) is 0 Å². The number of anilines is 1. The van der Waals surface area contributed by atoms with Crippen LogP contribution in [0.4, 0.5) is 5.69 Å². The predicted octanol–water partition coefficient (Wildman–Crippen LogP) is 3.13. The largest absolute Gasteiger partial charge is 0.490 e. The van der Waals surface area contributed by atoms with E-state index in [0.29, 0.717) is 56.5 Å². The Morgan fingerprint density at radius 1 is 1.16 bits per heavy atom. The number of nitrogens with two attached hydrogens (primary N) is 1. The molecule has 0 saturated carbocycles. The number of hydrogen-bond acceptors (Lipinski definition) is 5. The highest BCUT2D eigenvalue weighted by atomic mass is 35.5. The van der Waals surface area contributed by atoms with Gasteiger partial charge in [-0.2, -0.15) is 0 Å². The summed E-state index contributed by atoms with van der Waals surface area (Å²) in [5, 5.41) is 2.90. The molecule has 1 aromatic rings. The van der Waals surface area contributed by atoms with Crippen molar-refractivity contribution in [3.05, 3.63) is 18.2 Å². The topological polar surface area (TPSA) is 82.8 Å². The molecule has 1 fully saturated rings. The third-order valence-electron chi connectivity index (χ3n) is 3.96. The van der Waals surface area contributed by atoms with E-state index in [2.05, 4.69) is 12.2 Å². The van der Waals surface area contributed by atoms with E-state index in [-0.39, 0.29) is 18.3 Å². The van der Waals surface area contributed by atoms with Gasteiger partial charge < -0.3 is 25.3 Å². The van der Waals surface area contributed by atoms with Crippen LogP contribution >= 0.6 is 12.4 Å². The molecule has 0 atom stereocenters. The van der Waals surface area contributed by atoms with Crippen LogP contribution in [0.1, 0.15) is 39.5 Å². The Labute approximate surface area is 155 Å². The maximum Gasteiger partial charge on any atom is 0.244 e. The Hall–Kier alpha value is -1.50. The highest BCUT2D eigenvalue weighted by molar-refractivity contribution is 5.98. The molecule has 0 radical (unpaired) electrons. The summed E-state index contributed by atoms with van der Waals surface area (Å²) in [6.07, 6.45) is 2.87. The van der Waals surface area contributed by atoms with Gasteiger partial charge in [-0.05, 0) is 37.8 Å². The second-order valence-corrected chi connectivity index (χ2v) is 6.08. The van der Waals surface area contributed by atoms with Gasteiger partial charge in [0.05, 0.1) is 13.2 Å². The van der Waals surface area contributed by atoms with Crippen LogP contribution in [0.2, 0.25) is 0 Å². The van der Waals surface area contributed by atoms with E-state index in [1.54, 1.807) is 6.07 Å². The zero-order valence-electron chi connectivity index (χ0n) is 15.0. The van der Waals surface area contributed by atoms with Gasteiger partial charge >= 0.3 is 0 Å². The minimum atomic E-state index is -0.875. The second kappa shape index (κ2) is 10.5. The number of halogens is 1. The summed E-state index contributed by atoms with van der Waals surface area (Å²) in [6.45, 7) is 6.34. The van der Waals surface area contributed by atoms with Crippen LogP contribution in [0.15, 0.2) is 18.2 Å². The third kappa shape index (κ3) is 6.06. The van der Waals surface area contributed by atoms with Crippen molar-refractivity contribution in [2.75, 3.05) is 31.7 Å². The lowest BCUT2D eigenvalue weighted by Gasteiger charge is -2.31. The summed E-state index contributed by atoms with van der Waals surface area (Å²) in [6, 6.07) is 5.43. The minimum Gasteiger partial charge on any atom is -0.490 e. The summed E-state index contributed by atoms with van der Waals surface area (Å²) in [5.74, 6) is 1.15. The average molecular weight is 373 g/mol. The predicted molar refractivity (Wildman–Crippen MR) is 101 cm³/mol. The molecule has 0 spiro atoms. The molecule has 0 unspecified atom stereocenters. The number of amides is 1. The van der Waals surface area contributed by atoms with Crippen LogP contribution in [0, 0.1) is 0 Å². The van der Waals surface area contributed by atoms with Gasteiger partial charge in [-0.3, -0.25) is 4.79 Å². The van der Waals surface area contributed by atoms with Gasteiger partial charge in [0, 0.05) is 25.0 Å². The fourth-order valence-corrected chi connectivity index (χ4v) is 2.46. The van der Waals surface area contributed by atoms with Crippen LogP contribution in [0.5, 0.6) is 11.5 Å². The first-order chi connectivity index (χ1) is 11.6. The third-order valence-corrected chi connectivity index (χ3v) is 3.96. The molecular weight excluding hydrogens is 344 g/mol. The van der Waals surface area contributed by atoms with Crippen LogP contribution in [-0.4, -0.2) is 37.9 Å². The molecule has 1 aliphatic rings. The lowest BCUT2D eigenvalue weighted by molar-refractivity contribution is -0.124. The van der Waals surface area contributed by atoms with Gasteiger partial charge in [0.2, 0.25) is 5.91 Å². The Balaban J connectivity index is 0.00000312. The highest BCUT2D eigenvalue weighted by Gasteiger charge is 2.36. The van der Waals surface area contributed by atoms with Crippen LogP contribution in [0.3, 0.4) is 0 Å². The van der Waals surface area contributed by atoms with Crippen LogP contribution < -0.4 is 20.5 Å². The lowest BCUT2D eigenvalue weighted by atomic mass is 9.90. The molecule has 1 aliphatic heterocycles. The number of benzene rings is 1. The first-order valence-electron chi connectivity index (χ1n) is 8.67. The standard InChI is InChI=1S/C18H28N2O4.ClH/c1-3-9-23-15-6-5-14(13-16(15)24-10-4-2)20-17(21)18(19)7-11-22-12-8-18;/h5-6,13H,3-4,7-12,19H2,1-2H3,(H,20,21);1H. The van der Waals surface area contributed by atoms with Gasteiger partial charge in [0.25, 0.3) is 0 Å². The number of hydrogen-bond donors (Lipinski definition) is 2. The van der Waals surface area contributed by atoms with Crippen molar-refractivity contribution in [3.63, 3.8) is 0 Å². The van der Waals surface area contributed by atoms with E-state index in [0.717, 1.165) is 12.8 Å². The van der Waals surface area contributed by atoms with Crippen molar-refractivity contribution < 1.29 is 19.0 Å². The lowest BCUT2D eigenvalue weighted by Crippen LogP contribution is -2.54. The van der Waals surface area contributed by atoms with Gasteiger partial charge in [-0.1, -0.05) is 13.8 Å². The monoisotopic (exact) mass is 372 g/mol. The van der Waals surface area contributed by atoms with Crippen LogP contribution in [-0.2, 0) is 9.53 Å². The zero-order valence-corrected chi connectivity index (χ0v) is 15.8. The Morgan fingerprint density at radius 2 is 1.76 bits per heavy atom. The molecule has 25 heavy (non-hydrogen) atoms. The molecule has 0 aliphatic carbocycles. The second-order valence-electron chi connectivity index (χ2n) is 6.08. The molecule has 6 nitrogen and oxygen atoms in total. The SMILES string of the molecule is CCCOc1ccc(NC(=O)C2(N)CCOCC2)cc1OCCC.Cl. The van der Waals surface area contributed by atoms with E-state index in [9.17, 15) is 4.79 Å². The normalized spacial score (nSPS) is 15.8.